The van der Waals surface area contributed by atoms with Gasteiger partial charge < -0.3 is 10.1 Å². The molecule has 2 rings (SSSR count). The first-order valence-electron chi connectivity index (χ1n) is 8.18. The molecule has 0 heterocycles. The topological polar surface area (TPSA) is 35.8 Å². The van der Waals surface area contributed by atoms with E-state index >= 15 is 0 Å². The predicted octanol–water partition coefficient (Wildman–Crippen LogP) is 3.99. The van der Waals surface area contributed by atoms with Crippen LogP contribution in [0.2, 0.25) is 0 Å². The highest BCUT2D eigenvalue weighted by Gasteiger charge is 2.06. The molecule has 0 amide bonds. The molecule has 0 bridgehead atoms. The standard InChI is InChI=1S/C20H26N2O/c1-22(2)16-15-18-10-7-6-9-17(18)13-8-14-20(21-23)19-11-4-3-5-12-19/h3-7,9-12,23H,8,13-16H2,1-2H3. The van der Waals surface area contributed by atoms with Crippen molar-refractivity contribution in [3.8, 4) is 0 Å². The lowest BCUT2D eigenvalue weighted by atomic mass is 9.97. The normalized spacial score (nSPS) is 11.9. The van der Waals surface area contributed by atoms with Gasteiger partial charge in [-0.05, 0) is 56.5 Å². The first-order chi connectivity index (χ1) is 11.2. The smallest absolute Gasteiger partial charge is 0.0867 e. The van der Waals surface area contributed by atoms with Crippen molar-refractivity contribution in [2.75, 3.05) is 20.6 Å². The second kappa shape index (κ2) is 9.11. The molecule has 0 radical (unpaired) electrons. The third-order valence-electron chi connectivity index (χ3n) is 4.03. The first-order valence-corrected chi connectivity index (χ1v) is 8.18. The molecular weight excluding hydrogens is 284 g/mol. The SMILES string of the molecule is CN(C)CCc1ccccc1CCCC(=NO)c1ccccc1. The first kappa shape index (κ1) is 17.2. The number of benzene rings is 2. The van der Waals surface area contributed by atoms with Crippen molar-refractivity contribution < 1.29 is 5.21 Å². The van der Waals surface area contributed by atoms with E-state index in [4.69, 9.17) is 0 Å². The van der Waals surface area contributed by atoms with Crippen LogP contribution in [0.25, 0.3) is 0 Å². The van der Waals surface area contributed by atoms with Gasteiger partial charge in [0, 0.05) is 6.54 Å². The van der Waals surface area contributed by atoms with Crippen molar-refractivity contribution >= 4 is 5.71 Å². The molecular formula is C20H26N2O. The van der Waals surface area contributed by atoms with Crippen molar-refractivity contribution in [1.29, 1.82) is 0 Å². The van der Waals surface area contributed by atoms with Gasteiger partial charge in [0.15, 0.2) is 0 Å². The van der Waals surface area contributed by atoms with Gasteiger partial charge in [-0.2, -0.15) is 0 Å². The maximum Gasteiger partial charge on any atom is 0.0867 e. The van der Waals surface area contributed by atoms with Crippen LogP contribution in [0, 0.1) is 0 Å². The van der Waals surface area contributed by atoms with Crippen LogP contribution in [0.15, 0.2) is 59.8 Å². The Labute approximate surface area is 139 Å². The number of aryl methyl sites for hydroxylation is 1. The fraction of sp³-hybridized carbons (Fsp3) is 0.350. The van der Waals surface area contributed by atoms with Crippen LogP contribution in [0.3, 0.4) is 0 Å². The van der Waals surface area contributed by atoms with E-state index in [2.05, 4.69) is 48.4 Å². The fourth-order valence-electron chi connectivity index (χ4n) is 2.72. The van der Waals surface area contributed by atoms with Crippen LogP contribution in [0.1, 0.15) is 29.5 Å². The van der Waals surface area contributed by atoms with E-state index in [1.165, 1.54) is 11.1 Å². The van der Waals surface area contributed by atoms with Crippen LogP contribution in [-0.4, -0.2) is 36.5 Å². The minimum absolute atomic E-state index is 0.761. The number of hydrogen-bond acceptors (Lipinski definition) is 3. The average Bonchev–Trinajstić information content (AvgIpc) is 2.58. The summed E-state index contributed by atoms with van der Waals surface area (Å²) in [4.78, 5) is 2.21. The summed E-state index contributed by atoms with van der Waals surface area (Å²) < 4.78 is 0. The molecule has 0 aliphatic heterocycles. The summed E-state index contributed by atoms with van der Waals surface area (Å²) in [5.41, 5.74) is 4.58. The Morgan fingerprint density at radius 3 is 2.13 bits per heavy atom. The zero-order valence-electron chi connectivity index (χ0n) is 14.1. The quantitative estimate of drug-likeness (QED) is 0.454. The third kappa shape index (κ3) is 5.53. The number of rotatable bonds is 8. The largest absolute Gasteiger partial charge is 0.411 e. The Morgan fingerprint density at radius 1 is 0.913 bits per heavy atom. The molecule has 3 heteroatoms. The van der Waals surface area contributed by atoms with Crippen molar-refractivity contribution in [2.24, 2.45) is 5.16 Å². The highest BCUT2D eigenvalue weighted by molar-refractivity contribution is 6.00. The maximum absolute atomic E-state index is 9.26. The zero-order chi connectivity index (χ0) is 16.5. The molecule has 1 N–H and O–H groups in total. The second-order valence-corrected chi connectivity index (χ2v) is 6.09. The fourth-order valence-corrected chi connectivity index (χ4v) is 2.72. The molecule has 0 fully saturated rings. The van der Waals surface area contributed by atoms with Gasteiger partial charge in [-0.25, -0.2) is 0 Å². The van der Waals surface area contributed by atoms with E-state index in [-0.39, 0.29) is 0 Å². The van der Waals surface area contributed by atoms with Gasteiger partial charge in [-0.15, -0.1) is 0 Å². The summed E-state index contributed by atoms with van der Waals surface area (Å²) in [6.07, 6.45) is 3.84. The maximum atomic E-state index is 9.26. The summed E-state index contributed by atoms with van der Waals surface area (Å²) in [5, 5.41) is 12.7. The second-order valence-electron chi connectivity index (χ2n) is 6.09. The lowest BCUT2D eigenvalue weighted by Crippen LogP contribution is -2.15. The molecule has 0 saturated heterocycles. The summed E-state index contributed by atoms with van der Waals surface area (Å²) in [6, 6.07) is 18.5. The number of oxime groups is 1. The van der Waals surface area contributed by atoms with E-state index < -0.39 is 0 Å². The highest BCUT2D eigenvalue weighted by Crippen LogP contribution is 2.15. The average molecular weight is 310 g/mol. The van der Waals surface area contributed by atoms with Gasteiger partial charge in [0.2, 0.25) is 0 Å². The van der Waals surface area contributed by atoms with Gasteiger partial charge in [0.05, 0.1) is 5.71 Å². The Bertz CT molecular complexity index is 621. The van der Waals surface area contributed by atoms with Crippen LogP contribution in [-0.2, 0) is 12.8 Å². The molecule has 122 valence electrons. The molecule has 0 saturated carbocycles. The molecule has 0 atom stereocenters. The van der Waals surface area contributed by atoms with Gasteiger partial charge in [0.25, 0.3) is 0 Å². The molecule has 0 unspecified atom stereocenters. The van der Waals surface area contributed by atoms with E-state index in [9.17, 15) is 5.21 Å². The molecule has 0 aromatic heterocycles. The van der Waals surface area contributed by atoms with E-state index in [1.54, 1.807) is 0 Å². The van der Waals surface area contributed by atoms with E-state index in [0.717, 1.165) is 43.5 Å². The zero-order valence-corrected chi connectivity index (χ0v) is 14.1. The number of nitrogens with zero attached hydrogens (tertiary/aromatic N) is 2. The van der Waals surface area contributed by atoms with Crippen LogP contribution in [0.5, 0.6) is 0 Å². The Balaban J connectivity index is 1.93. The van der Waals surface area contributed by atoms with Gasteiger partial charge in [-0.1, -0.05) is 59.8 Å². The van der Waals surface area contributed by atoms with Crippen molar-refractivity contribution in [3.05, 3.63) is 71.3 Å². The lowest BCUT2D eigenvalue weighted by molar-refractivity contribution is 0.318. The van der Waals surface area contributed by atoms with Gasteiger partial charge >= 0.3 is 0 Å². The van der Waals surface area contributed by atoms with E-state index in [0.29, 0.717) is 0 Å². The minimum Gasteiger partial charge on any atom is -0.411 e. The molecule has 0 spiro atoms. The molecule has 0 aliphatic rings. The van der Waals surface area contributed by atoms with Crippen LogP contribution < -0.4 is 0 Å². The Morgan fingerprint density at radius 2 is 1.52 bits per heavy atom. The molecule has 23 heavy (non-hydrogen) atoms. The van der Waals surface area contributed by atoms with Crippen LogP contribution >= 0.6 is 0 Å². The van der Waals surface area contributed by atoms with Crippen molar-refractivity contribution in [2.45, 2.75) is 25.7 Å². The van der Waals surface area contributed by atoms with Crippen molar-refractivity contribution in [1.82, 2.24) is 4.90 Å². The van der Waals surface area contributed by atoms with Crippen LogP contribution in [0.4, 0.5) is 0 Å². The predicted molar refractivity (Wildman–Crippen MR) is 96.4 cm³/mol. The molecule has 2 aromatic carbocycles. The molecule has 0 aliphatic carbocycles. The third-order valence-corrected chi connectivity index (χ3v) is 4.03. The Hall–Kier alpha value is -2.13. The number of hydrogen-bond donors (Lipinski definition) is 1. The lowest BCUT2D eigenvalue weighted by Gasteiger charge is -2.13. The summed E-state index contributed by atoms with van der Waals surface area (Å²) in [7, 11) is 4.21. The Kier molecular flexibility index (Phi) is 6.82. The highest BCUT2D eigenvalue weighted by atomic mass is 16.4. The van der Waals surface area contributed by atoms with Crippen molar-refractivity contribution in [3.63, 3.8) is 0 Å². The molecule has 3 nitrogen and oxygen atoms in total. The molecule has 2 aromatic rings. The van der Waals surface area contributed by atoms with Gasteiger partial charge in [0.1, 0.15) is 0 Å². The van der Waals surface area contributed by atoms with E-state index in [1.807, 2.05) is 30.3 Å². The number of likely N-dealkylation sites (N-methyl/N-ethyl adjacent to an activating group) is 1. The van der Waals surface area contributed by atoms with Gasteiger partial charge in [-0.3, -0.25) is 0 Å². The summed E-state index contributed by atoms with van der Waals surface area (Å²) in [6.45, 7) is 1.06. The minimum atomic E-state index is 0.761. The monoisotopic (exact) mass is 310 g/mol. The summed E-state index contributed by atoms with van der Waals surface area (Å²) in [5.74, 6) is 0. The summed E-state index contributed by atoms with van der Waals surface area (Å²) >= 11 is 0.